The zero-order valence-corrected chi connectivity index (χ0v) is 9.22. The van der Waals surface area contributed by atoms with E-state index in [0.717, 1.165) is 12.8 Å². The maximum absolute atomic E-state index is 13.3. The Morgan fingerprint density at radius 3 is 2.69 bits per heavy atom. The summed E-state index contributed by atoms with van der Waals surface area (Å²) in [5.41, 5.74) is -0.0632. The fourth-order valence-electron chi connectivity index (χ4n) is 1.79. The van der Waals surface area contributed by atoms with E-state index in [1.165, 1.54) is 6.07 Å². The van der Waals surface area contributed by atoms with Crippen molar-refractivity contribution < 1.29 is 9.18 Å². The molecule has 0 radical (unpaired) electrons. The number of hydrogen-bond donors (Lipinski definition) is 2. The summed E-state index contributed by atoms with van der Waals surface area (Å²) in [4.78, 5) is 11.9. The Labute approximate surface area is 94.0 Å². The van der Waals surface area contributed by atoms with Crippen molar-refractivity contribution in [3.05, 3.63) is 30.1 Å². The highest BCUT2D eigenvalue weighted by atomic mass is 19.1. The Balaban J connectivity index is 2.06. The van der Waals surface area contributed by atoms with Crippen LogP contribution in [-0.4, -0.2) is 19.5 Å². The van der Waals surface area contributed by atoms with Crippen LogP contribution in [0.3, 0.4) is 0 Å². The molecule has 1 amide bonds. The van der Waals surface area contributed by atoms with Gasteiger partial charge in [0.15, 0.2) is 0 Å². The molecular weight excluding hydrogens is 207 g/mol. The molecule has 2 rings (SSSR count). The molecule has 0 spiro atoms. The zero-order valence-electron chi connectivity index (χ0n) is 9.22. The summed E-state index contributed by atoms with van der Waals surface area (Å²) in [6.07, 6.45) is 1.74. The van der Waals surface area contributed by atoms with Crippen molar-refractivity contribution in [2.75, 3.05) is 18.9 Å². The second-order valence-corrected chi connectivity index (χ2v) is 4.24. The summed E-state index contributed by atoms with van der Waals surface area (Å²) < 4.78 is 13.3. The van der Waals surface area contributed by atoms with Crippen LogP contribution in [0.4, 0.5) is 10.1 Å². The summed E-state index contributed by atoms with van der Waals surface area (Å²) in [5, 5.41) is 5.64. The summed E-state index contributed by atoms with van der Waals surface area (Å²) in [5.74, 6) is -0.483. The van der Waals surface area contributed by atoms with Crippen molar-refractivity contribution >= 4 is 11.6 Å². The molecule has 0 heterocycles. The largest absolute Gasteiger partial charge is 0.323 e. The first-order valence-corrected chi connectivity index (χ1v) is 5.38. The highest BCUT2D eigenvalue weighted by molar-refractivity contribution is 5.97. The zero-order chi connectivity index (χ0) is 11.6. The number of para-hydroxylation sites is 1. The molecule has 1 fully saturated rings. The Morgan fingerprint density at radius 1 is 1.44 bits per heavy atom. The fourth-order valence-corrected chi connectivity index (χ4v) is 1.79. The number of carbonyl (C=O) groups is 1. The van der Waals surface area contributed by atoms with Crippen molar-refractivity contribution in [2.24, 2.45) is 5.41 Å². The predicted octanol–water partition coefficient (Wildman–Crippen LogP) is 1.76. The average Bonchev–Trinajstić information content (AvgIpc) is 3.03. The van der Waals surface area contributed by atoms with E-state index < -0.39 is 5.82 Å². The Kier molecular flexibility index (Phi) is 2.92. The van der Waals surface area contributed by atoms with Gasteiger partial charge in [-0.2, -0.15) is 0 Å². The van der Waals surface area contributed by atoms with E-state index in [4.69, 9.17) is 0 Å². The van der Waals surface area contributed by atoms with Crippen molar-refractivity contribution in [2.45, 2.75) is 12.8 Å². The maximum atomic E-state index is 13.3. The van der Waals surface area contributed by atoms with Crippen molar-refractivity contribution in [3.63, 3.8) is 0 Å². The summed E-state index contributed by atoms with van der Waals surface area (Å²) in [6.45, 7) is 0.646. The molecule has 1 aromatic rings. The van der Waals surface area contributed by atoms with Crippen LogP contribution in [0, 0.1) is 11.2 Å². The highest BCUT2D eigenvalue weighted by Crippen LogP contribution is 2.45. The van der Waals surface area contributed by atoms with Gasteiger partial charge in [-0.3, -0.25) is 4.79 Å². The quantitative estimate of drug-likeness (QED) is 0.815. The lowest BCUT2D eigenvalue weighted by Crippen LogP contribution is -2.32. The number of rotatable bonds is 4. The maximum Gasteiger partial charge on any atom is 0.231 e. The monoisotopic (exact) mass is 222 g/mol. The Hall–Kier alpha value is -1.42. The molecular formula is C12H15FN2O. The van der Waals surface area contributed by atoms with Gasteiger partial charge in [0.2, 0.25) is 5.91 Å². The van der Waals surface area contributed by atoms with Crippen molar-refractivity contribution in [3.8, 4) is 0 Å². The molecule has 1 aliphatic carbocycles. The molecule has 2 N–H and O–H groups in total. The van der Waals surface area contributed by atoms with Crippen LogP contribution in [0.15, 0.2) is 24.3 Å². The lowest BCUT2D eigenvalue weighted by molar-refractivity contribution is -0.121. The lowest BCUT2D eigenvalue weighted by atomic mass is 10.1. The molecule has 0 unspecified atom stereocenters. The lowest BCUT2D eigenvalue weighted by Gasteiger charge is -2.14. The third kappa shape index (κ3) is 2.07. The third-order valence-electron chi connectivity index (χ3n) is 2.97. The van der Waals surface area contributed by atoms with Crippen LogP contribution in [0.1, 0.15) is 12.8 Å². The predicted molar refractivity (Wildman–Crippen MR) is 60.6 cm³/mol. The van der Waals surface area contributed by atoms with Crippen LogP contribution in [0.5, 0.6) is 0 Å². The van der Waals surface area contributed by atoms with Gasteiger partial charge in [-0.15, -0.1) is 0 Å². The van der Waals surface area contributed by atoms with Gasteiger partial charge in [-0.25, -0.2) is 4.39 Å². The van der Waals surface area contributed by atoms with Crippen LogP contribution in [-0.2, 0) is 4.79 Å². The molecule has 0 saturated heterocycles. The van der Waals surface area contributed by atoms with Crippen LogP contribution < -0.4 is 10.6 Å². The molecule has 1 aliphatic rings. The number of halogens is 1. The standard InChI is InChI=1S/C12H15FN2O/c1-14-8-12(6-7-12)11(16)15-10-5-3-2-4-9(10)13/h2-5,14H,6-8H2,1H3,(H,15,16). The van der Waals surface area contributed by atoms with Gasteiger partial charge in [0.1, 0.15) is 5.82 Å². The minimum Gasteiger partial charge on any atom is -0.323 e. The number of carbonyl (C=O) groups excluding carboxylic acids is 1. The first-order chi connectivity index (χ1) is 7.68. The first-order valence-electron chi connectivity index (χ1n) is 5.38. The van der Waals surface area contributed by atoms with E-state index in [2.05, 4.69) is 10.6 Å². The third-order valence-corrected chi connectivity index (χ3v) is 2.97. The van der Waals surface area contributed by atoms with Gasteiger partial charge in [0.25, 0.3) is 0 Å². The SMILES string of the molecule is CNCC1(C(=O)Nc2ccccc2F)CC1. The molecule has 1 saturated carbocycles. The van der Waals surface area contributed by atoms with E-state index in [1.807, 2.05) is 7.05 Å². The highest BCUT2D eigenvalue weighted by Gasteiger charge is 2.49. The second-order valence-electron chi connectivity index (χ2n) is 4.24. The Morgan fingerprint density at radius 2 is 2.12 bits per heavy atom. The van der Waals surface area contributed by atoms with Crippen LogP contribution in [0.25, 0.3) is 0 Å². The summed E-state index contributed by atoms with van der Waals surface area (Å²) >= 11 is 0. The van der Waals surface area contributed by atoms with Gasteiger partial charge in [0, 0.05) is 6.54 Å². The molecule has 86 valence electrons. The molecule has 16 heavy (non-hydrogen) atoms. The average molecular weight is 222 g/mol. The van der Waals surface area contributed by atoms with E-state index in [1.54, 1.807) is 18.2 Å². The van der Waals surface area contributed by atoms with Crippen LogP contribution in [0.2, 0.25) is 0 Å². The molecule has 0 bridgehead atoms. The summed E-state index contributed by atoms with van der Waals surface area (Å²) in [6, 6.07) is 6.22. The number of amides is 1. The minimum absolute atomic E-state index is 0.0908. The van der Waals surface area contributed by atoms with Gasteiger partial charge in [-0.1, -0.05) is 12.1 Å². The smallest absolute Gasteiger partial charge is 0.231 e. The molecule has 0 atom stereocenters. The van der Waals surface area contributed by atoms with Gasteiger partial charge >= 0.3 is 0 Å². The molecule has 1 aromatic carbocycles. The first kappa shape index (κ1) is 11.1. The molecule has 0 aromatic heterocycles. The topological polar surface area (TPSA) is 41.1 Å². The van der Waals surface area contributed by atoms with E-state index in [9.17, 15) is 9.18 Å². The van der Waals surface area contributed by atoms with Crippen LogP contribution >= 0.6 is 0 Å². The normalized spacial score (nSPS) is 16.9. The van der Waals surface area contributed by atoms with E-state index >= 15 is 0 Å². The fraction of sp³-hybridized carbons (Fsp3) is 0.417. The number of hydrogen-bond acceptors (Lipinski definition) is 2. The molecule has 0 aliphatic heterocycles. The van der Waals surface area contributed by atoms with Crippen molar-refractivity contribution in [1.29, 1.82) is 0 Å². The molecule has 4 heteroatoms. The molecule has 3 nitrogen and oxygen atoms in total. The number of benzene rings is 1. The second kappa shape index (κ2) is 4.22. The van der Waals surface area contributed by atoms with Gasteiger partial charge in [0.05, 0.1) is 11.1 Å². The number of nitrogens with one attached hydrogen (secondary N) is 2. The van der Waals surface area contributed by atoms with Gasteiger partial charge in [-0.05, 0) is 32.0 Å². The Bertz CT molecular complexity index is 402. The van der Waals surface area contributed by atoms with Gasteiger partial charge < -0.3 is 10.6 Å². The summed E-state index contributed by atoms with van der Waals surface area (Å²) in [7, 11) is 1.82. The van der Waals surface area contributed by atoms with Crippen molar-refractivity contribution in [1.82, 2.24) is 5.32 Å². The van der Waals surface area contributed by atoms with E-state index in [-0.39, 0.29) is 17.0 Å². The minimum atomic E-state index is -0.392. The number of anilines is 1. The van der Waals surface area contributed by atoms with E-state index in [0.29, 0.717) is 6.54 Å².